The number of fused-ring (bicyclic) bond motifs is 1. The Kier molecular flexibility index (Phi) is 3.80. The number of carbonyl (C=O) groups is 1. The molecule has 21 heavy (non-hydrogen) atoms. The van der Waals surface area contributed by atoms with Crippen molar-refractivity contribution in [2.75, 3.05) is 13.7 Å². The molecule has 0 aliphatic heterocycles. The fourth-order valence-electron chi connectivity index (χ4n) is 2.50. The first kappa shape index (κ1) is 13.9. The van der Waals surface area contributed by atoms with Crippen molar-refractivity contribution in [1.82, 2.24) is 5.32 Å². The van der Waals surface area contributed by atoms with Crippen LogP contribution in [0.2, 0.25) is 0 Å². The van der Waals surface area contributed by atoms with Crippen LogP contribution in [0.3, 0.4) is 0 Å². The lowest BCUT2D eigenvalue weighted by molar-refractivity contribution is -0.139. The number of nitrogens with one attached hydrogen (secondary N) is 1. The maximum atomic E-state index is 11.5. The Bertz CT molecular complexity index is 664. The van der Waals surface area contributed by atoms with E-state index in [0.717, 1.165) is 28.6 Å². The summed E-state index contributed by atoms with van der Waals surface area (Å²) in [5.41, 5.74) is 0.792. The van der Waals surface area contributed by atoms with Crippen LogP contribution in [-0.4, -0.2) is 24.7 Å². The number of hydrogen-bond donors (Lipinski definition) is 2. The normalized spacial score (nSPS) is 15.9. The van der Waals surface area contributed by atoms with Crippen molar-refractivity contribution in [3.8, 4) is 5.75 Å². The van der Waals surface area contributed by atoms with Crippen molar-refractivity contribution in [3.05, 3.63) is 42.0 Å². The lowest BCUT2D eigenvalue weighted by atomic mass is 10.0. The van der Waals surface area contributed by atoms with Gasteiger partial charge in [-0.15, -0.1) is 0 Å². The SMILES string of the molecule is COc1ccc2cc(C(NCC3CC3)C(=O)O)ccc2c1. The van der Waals surface area contributed by atoms with Gasteiger partial charge in [-0.1, -0.05) is 18.2 Å². The molecule has 0 saturated heterocycles. The molecule has 1 unspecified atom stereocenters. The van der Waals surface area contributed by atoms with E-state index in [4.69, 9.17) is 4.74 Å². The van der Waals surface area contributed by atoms with Crippen LogP contribution in [0.5, 0.6) is 5.75 Å². The smallest absolute Gasteiger partial charge is 0.325 e. The number of carboxylic acids is 1. The van der Waals surface area contributed by atoms with Crippen LogP contribution >= 0.6 is 0 Å². The highest BCUT2D eigenvalue weighted by Crippen LogP contribution is 2.29. The van der Waals surface area contributed by atoms with E-state index in [9.17, 15) is 9.90 Å². The molecule has 1 atom stereocenters. The van der Waals surface area contributed by atoms with Crippen LogP contribution in [-0.2, 0) is 4.79 Å². The van der Waals surface area contributed by atoms with Gasteiger partial charge >= 0.3 is 5.97 Å². The van der Waals surface area contributed by atoms with Crippen molar-refractivity contribution in [3.63, 3.8) is 0 Å². The van der Waals surface area contributed by atoms with Gasteiger partial charge in [-0.25, -0.2) is 0 Å². The first-order valence-corrected chi connectivity index (χ1v) is 7.21. The van der Waals surface area contributed by atoms with E-state index in [2.05, 4.69) is 5.32 Å². The first-order valence-electron chi connectivity index (χ1n) is 7.21. The number of rotatable bonds is 6. The minimum absolute atomic E-state index is 0.642. The molecule has 0 amide bonds. The third kappa shape index (κ3) is 3.16. The summed E-state index contributed by atoms with van der Waals surface area (Å²) in [5.74, 6) is 0.622. The number of methoxy groups -OCH3 is 1. The minimum atomic E-state index is -0.830. The molecule has 2 aromatic carbocycles. The topological polar surface area (TPSA) is 58.6 Å². The molecule has 0 radical (unpaired) electrons. The van der Waals surface area contributed by atoms with Crippen molar-refractivity contribution in [1.29, 1.82) is 0 Å². The van der Waals surface area contributed by atoms with Gasteiger partial charge in [0.1, 0.15) is 11.8 Å². The number of hydrogen-bond acceptors (Lipinski definition) is 3. The van der Waals surface area contributed by atoms with Crippen molar-refractivity contribution < 1.29 is 14.6 Å². The molecule has 4 nitrogen and oxygen atoms in total. The highest BCUT2D eigenvalue weighted by atomic mass is 16.5. The quantitative estimate of drug-likeness (QED) is 0.856. The van der Waals surface area contributed by atoms with Gasteiger partial charge in [0.05, 0.1) is 7.11 Å². The minimum Gasteiger partial charge on any atom is -0.497 e. The van der Waals surface area contributed by atoms with Crippen LogP contribution in [0.25, 0.3) is 10.8 Å². The number of carboxylic acid groups (broad SMARTS) is 1. The fraction of sp³-hybridized carbons (Fsp3) is 0.353. The summed E-state index contributed by atoms with van der Waals surface area (Å²) in [6, 6.07) is 10.9. The average molecular weight is 285 g/mol. The molecule has 1 aliphatic rings. The summed E-state index contributed by atoms with van der Waals surface area (Å²) >= 11 is 0. The Hall–Kier alpha value is -2.07. The standard InChI is InChI=1S/C17H19NO3/c1-21-15-7-6-12-8-14(5-4-13(12)9-15)16(17(19)20)18-10-11-2-3-11/h4-9,11,16,18H,2-3,10H2,1H3,(H,19,20). The van der Waals surface area contributed by atoms with E-state index >= 15 is 0 Å². The van der Waals surface area contributed by atoms with Crippen LogP contribution in [0.4, 0.5) is 0 Å². The molecule has 0 spiro atoms. The highest BCUT2D eigenvalue weighted by Gasteiger charge is 2.25. The van der Waals surface area contributed by atoms with E-state index in [1.54, 1.807) is 7.11 Å². The zero-order valence-electron chi connectivity index (χ0n) is 12.0. The van der Waals surface area contributed by atoms with Crippen molar-refractivity contribution in [2.24, 2.45) is 5.92 Å². The number of aliphatic carboxylic acids is 1. The van der Waals surface area contributed by atoms with Crippen LogP contribution in [0.15, 0.2) is 36.4 Å². The van der Waals surface area contributed by atoms with Gasteiger partial charge < -0.3 is 15.2 Å². The Morgan fingerprint density at radius 1 is 1.29 bits per heavy atom. The molecule has 3 rings (SSSR count). The highest BCUT2D eigenvalue weighted by molar-refractivity contribution is 5.86. The average Bonchev–Trinajstić information content (AvgIpc) is 3.30. The van der Waals surface area contributed by atoms with E-state index < -0.39 is 12.0 Å². The Morgan fingerprint density at radius 2 is 2.00 bits per heavy atom. The molecule has 0 heterocycles. The Balaban J connectivity index is 1.87. The maximum Gasteiger partial charge on any atom is 0.325 e. The molecule has 2 N–H and O–H groups in total. The van der Waals surface area contributed by atoms with Crippen molar-refractivity contribution >= 4 is 16.7 Å². The maximum absolute atomic E-state index is 11.5. The molecule has 110 valence electrons. The second-order valence-corrected chi connectivity index (χ2v) is 5.60. The van der Waals surface area contributed by atoms with E-state index in [0.29, 0.717) is 5.92 Å². The van der Waals surface area contributed by atoms with E-state index in [1.165, 1.54) is 12.8 Å². The summed E-state index contributed by atoms with van der Waals surface area (Å²) in [4.78, 5) is 11.5. The summed E-state index contributed by atoms with van der Waals surface area (Å²) < 4.78 is 5.20. The third-order valence-electron chi connectivity index (χ3n) is 3.96. The molecule has 0 bridgehead atoms. The first-order chi connectivity index (χ1) is 10.2. The van der Waals surface area contributed by atoms with E-state index in [-0.39, 0.29) is 0 Å². The zero-order valence-corrected chi connectivity index (χ0v) is 12.0. The summed E-state index contributed by atoms with van der Waals surface area (Å²) in [6.07, 6.45) is 2.41. The van der Waals surface area contributed by atoms with Crippen LogP contribution in [0, 0.1) is 5.92 Å². The van der Waals surface area contributed by atoms with Crippen LogP contribution in [0.1, 0.15) is 24.4 Å². The van der Waals surface area contributed by atoms with Gasteiger partial charge in [0, 0.05) is 0 Å². The van der Waals surface area contributed by atoms with Gasteiger partial charge in [-0.3, -0.25) is 4.79 Å². The molecular formula is C17H19NO3. The Morgan fingerprint density at radius 3 is 2.67 bits per heavy atom. The van der Waals surface area contributed by atoms with Gasteiger partial charge in [0.2, 0.25) is 0 Å². The fourth-order valence-corrected chi connectivity index (χ4v) is 2.50. The largest absolute Gasteiger partial charge is 0.497 e. The molecular weight excluding hydrogens is 266 g/mol. The molecule has 4 heteroatoms. The van der Waals surface area contributed by atoms with Crippen LogP contribution < -0.4 is 10.1 Å². The lowest BCUT2D eigenvalue weighted by Crippen LogP contribution is -2.30. The predicted molar refractivity (Wildman–Crippen MR) is 81.6 cm³/mol. The van der Waals surface area contributed by atoms with Crippen molar-refractivity contribution in [2.45, 2.75) is 18.9 Å². The molecule has 1 saturated carbocycles. The molecule has 0 aromatic heterocycles. The number of ether oxygens (including phenoxy) is 1. The van der Waals surface area contributed by atoms with Gasteiger partial charge in [0.15, 0.2) is 0 Å². The van der Waals surface area contributed by atoms with Gasteiger partial charge in [-0.05, 0) is 59.8 Å². The number of benzene rings is 2. The monoisotopic (exact) mass is 285 g/mol. The van der Waals surface area contributed by atoms with Gasteiger partial charge in [-0.2, -0.15) is 0 Å². The van der Waals surface area contributed by atoms with Gasteiger partial charge in [0.25, 0.3) is 0 Å². The third-order valence-corrected chi connectivity index (χ3v) is 3.96. The molecule has 1 aliphatic carbocycles. The predicted octanol–water partition coefficient (Wildman–Crippen LogP) is 2.97. The molecule has 1 fully saturated rings. The zero-order chi connectivity index (χ0) is 14.8. The second kappa shape index (κ2) is 5.74. The summed E-state index contributed by atoms with van der Waals surface area (Å²) in [6.45, 7) is 0.775. The summed E-state index contributed by atoms with van der Waals surface area (Å²) in [5, 5.41) is 14.7. The Labute approximate surface area is 123 Å². The van der Waals surface area contributed by atoms with E-state index in [1.807, 2.05) is 36.4 Å². The molecule has 2 aromatic rings. The summed E-state index contributed by atoms with van der Waals surface area (Å²) in [7, 11) is 1.64. The lowest BCUT2D eigenvalue weighted by Gasteiger charge is -2.15. The second-order valence-electron chi connectivity index (χ2n) is 5.60.